The van der Waals surface area contributed by atoms with Crippen molar-refractivity contribution in [1.82, 2.24) is 69.1 Å². The Morgan fingerprint density at radius 1 is 0.395 bits per heavy atom. The van der Waals surface area contributed by atoms with Crippen molar-refractivity contribution in [3.05, 3.63) is 108 Å². The van der Waals surface area contributed by atoms with E-state index in [1.54, 1.807) is 139 Å². The Hall–Kier alpha value is -10.8. The number of aliphatic hydroxyl groups excluding tert-OH is 1. The highest BCUT2D eigenvalue weighted by molar-refractivity contribution is 7.98. The fourth-order valence-corrected chi connectivity index (χ4v) is 12.0. The van der Waals surface area contributed by atoms with Crippen molar-refractivity contribution in [1.29, 1.82) is 0 Å². The molecule has 0 aliphatic heterocycles. The Kier molecular flexibility index (Phi) is 43.6. The molecule has 0 fully saturated rings. The van der Waals surface area contributed by atoms with Crippen LogP contribution in [-0.2, 0) is 91.2 Å². The van der Waals surface area contributed by atoms with Crippen LogP contribution in [0.1, 0.15) is 137 Å². The number of hydrogen-bond acceptors (Lipinski definition) is 20. The largest absolute Gasteiger partial charge is 0.480 e. The molecule has 14 amide bonds. The molecule has 3 rings (SSSR count). The molecule has 0 aromatic heterocycles. The first-order chi connectivity index (χ1) is 53.9. The van der Waals surface area contributed by atoms with Crippen LogP contribution in [0.2, 0.25) is 0 Å². The van der Waals surface area contributed by atoms with Crippen molar-refractivity contribution in [2.45, 2.75) is 224 Å². The van der Waals surface area contributed by atoms with Crippen LogP contribution in [-0.4, -0.2) is 221 Å². The maximum absolute atomic E-state index is 14.7. The second-order valence-corrected chi connectivity index (χ2v) is 30.0. The molecule has 0 unspecified atom stereocenters. The average Bonchev–Trinajstić information content (AvgIpc) is 0.849. The normalized spacial score (nSPS) is 14.8. The summed E-state index contributed by atoms with van der Waals surface area (Å²) >= 11 is 1.26. The van der Waals surface area contributed by atoms with E-state index < -0.39 is 205 Å². The first-order valence-corrected chi connectivity index (χ1v) is 39.5. The molecule has 37 heteroatoms. The molecule has 0 bridgehead atoms. The number of carboxylic acid groups (broad SMARTS) is 1. The first kappa shape index (κ1) is 97.4. The molecule has 0 spiro atoms. The third-order valence-electron chi connectivity index (χ3n) is 18.0. The number of rotatable bonds is 52. The van der Waals surface area contributed by atoms with E-state index in [-0.39, 0.29) is 75.5 Å². The number of guanidine groups is 1. The Labute approximate surface area is 669 Å². The molecular weight excluding hydrogens is 1500 g/mol. The monoisotopic (exact) mass is 1610 g/mol. The van der Waals surface area contributed by atoms with Crippen LogP contribution in [0.3, 0.4) is 0 Å². The number of carboxylic acids is 1. The third kappa shape index (κ3) is 35.9. The molecule has 0 saturated heterocycles. The summed E-state index contributed by atoms with van der Waals surface area (Å²) in [5, 5.41) is 54.3. The molecule has 0 radical (unpaired) electrons. The topological polar surface area (TPSA) is 595 Å². The molecule has 0 heterocycles. The van der Waals surface area contributed by atoms with Gasteiger partial charge in [-0.3, -0.25) is 72.1 Å². The van der Waals surface area contributed by atoms with Crippen molar-refractivity contribution in [3.8, 4) is 0 Å². The van der Waals surface area contributed by atoms with Crippen LogP contribution in [0, 0.1) is 17.8 Å². The summed E-state index contributed by atoms with van der Waals surface area (Å²) in [4.78, 5) is 212. The third-order valence-corrected chi connectivity index (χ3v) is 18.7. The van der Waals surface area contributed by atoms with Gasteiger partial charge in [0.2, 0.25) is 82.7 Å². The van der Waals surface area contributed by atoms with E-state index in [0.717, 1.165) is 0 Å². The minimum Gasteiger partial charge on any atom is -0.480 e. The molecule has 36 nitrogen and oxygen atoms in total. The maximum atomic E-state index is 14.7. The van der Waals surface area contributed by atoms with Crippen LogP contribution < -0.4 is 97.8 Å². The van der Waals surface area contributed by atoms with E-state index in [4.69, 9.17) is 28.7 Å². The van der Waals surface area contributed by atoms with E-state index in [1.165, 1.54) is 32.5 Å². The van der Waals surface area contributed by atoms with Gasteiger partial charge in [0.1, 0.15) is 78.5 Å². The number of nitrogens with one attached hydrogen (secondary N) is 13. The standard InChI is InChI=1S/C77H119N19O17S/c1-42(2)37-55(90-64(100)46(8)84-63(99)45(7)79)72(108)95-62(44(5)6)75(111)88-51(30-22-35-83-77(81)82)66(102)86-52(31-32-60(80)98)67(103)87-53(33-36-114-10)68(104)94-59(41-97)73(109)96-61(43(3)4)74(110)85-47(9)65(101)91-56(38-48-23-14-11-15-24-48)70(106)93-58(40-50-27-18-13-19-28-50)71(107)92-57(39-49-25-16-12-17-26-49)69(105)89-54(76(112)113)29-20-21-34-78/h11-19,23-28,42-47,51-59,61-62,97H,20-22,29-41,78-79H2,1-10H3,(H2,80,98)(H,84,99)(H,85,110)(H,86,102)(H,87,103)(H,88,111)(H,89,105)(H,90,100)(H,91,101)(H,92,107)(H,93,106)(H,94,104)(H,95,108)(H,96,109)(H,112,113)(H4,81,82,83)/t45-,46-,47-,51-,52-,53-,54-,55-,56-,57-,58-,59-,61-,62-/m0/s1. The van der Waals surface area contributed by atoms with Gasteiger partial charge >= 0.3 is 5.97 Å². The zero-order chi connectivity index (χ0) is 85.3. The molecule has 14 atom stereocenters. The number of carbonyl (C=O) groups is 15. The molecule has 0 aliphatic rings. The van der Waals surface area contributed by atoms with Crippen molar-refractivity contribution in [3.63, 3.8) is 0 Å². The van der Waals surface area contributed by atoms with Gasteiger partial charge in [-0.2, -0.15) is 11.8 Å². The highest BCUT2D eigenvalue weighted by Gasteiger charge is 2.38. The minimum absolute atomic E-state index is 0.0346. The van der Waals surface area contributed by atoms with Gasteiger partial charge < -0.3 is 108 Å². The Balaban J connectivity index is 1.89. The second kappa shape index (κ2) is 51.0. The number of benzene rings is 3. The number of primary amides is 1. The highest BCUT2D eigenvalue weighted by Crippen LogP contribution is 2.16. The molecule has 3 aromatic carbocycles. The number of hydrogen-bond donors (Lipinski definition) is 20. The fraction of sp³-hybridized carbons (Fsp3) is 0.558. The average molecular weight is 1610 g/mol. The highest BCUT2D eigenvalue weighted by atomic mass is 32.2. The van der Waals surface area contributed by atoms with Crippen molar-refractivity contribution in [2.75, 3.05) is 31.7 Å². The van der Waals surface area contributed by atoms with Crippen molar-refractivity contribution in [2.24, 2.45) is 51.4 Å². The predicted molar refractivity (Wildman–Crippen MR) is 429 cm³/mol. The lowest BCUT2D eigenvalue weighted by atomic mass is 9.99. The maximum Gasteiger partial charge on any atom is 0.326 e. The van der Waals surface area contributed by atoms with E-state index in [9.17, 15) is 82.1 Å². The summed E-state index contributed by atoms with van der Waals surface area (Å²) < 4.78 is 0. The van der Waals surface area contributed by atoms with Crippen LogP contribution in [0.5, 0.6) is 0 Å². The molecule has 0 aliphatic carbocycles. The van der Waals surface area contributed by atoms with Gasteiger partial charge in [0.05, 0.1) is 12.6 Å². The summed E-state index contributed by atoms with van der Waals surface area (Å²) in [5.41, 5.74) is 29.7. The molecule has 630 valence electrons. The van der Waals surface area contributed by atoms with E-state index in [1.807, 2.05) is 0 Å². The smallest absolute Gasteiger partial charge is 0.326 e. The summed E-state index contributed by atoms with van der Waals surface area (Å²) in [7, 11) is 0. The quantitative estimate of drug-likeness (QED) is 0.0153. The summed E-state index contributed by atoms with van der Waals surface area (Å²) in [6.07, 6.45) is 1.25. The van der Waals surface area contributed by atoms with Gasteiger partial charge in [-0.05, 0) is 125 Å². The summed E-state index contributed by atoms with van der Waals surface area (Å²) in [5.74, 6) is -15.2. The van der Waals surface area contributed by atoms with Crippen LogP contribution in [0.15, 0.2) is 96.0 Å². The molecule has 114 heavy (non-hydrogen) atoms. The predicted octanol–water partition coefficient (Wildman–Crippen LogP) is -2.96. The zero-order valence-electron chi connectivity index (χ0n) is 66.5. The number of nitrogens with two attached hydrogens (primary N) is 5. The lowest BCUT2D eigenvalue weighted by Gasteiger charge is -2.29. The van der Waals surface area contributed by atoms with Crippen molar-refractivity contribution >= 4 is 106 Å². The minimum atomic E-state index is -1.80. The SMILES string of the molecule is CSCC[C@H](NC(=O)[C@H](CCC(N)=O)NC(=O)[C@H](CCCN=C(N)N)NC(=O)[C@@H](NC(=O)[C@H](CC(C)C)NC(=O)[C@H](C)NC(=O)[C@H](C)N)C(C)C)C(=O)N[C@@H](CO)C(=O)N[C@H](C(=O)N[C@@H](C)C(=O)N[C@@H](Cc1ccccc1)C(=O)N[C@@H](Cc1ccccc1)C(=O)N[C@@H](Cc1ccccc1)C(=O)N[C@@H](CCCCN)C(=O)O)C(C)C. The van der Waals surface area contributed by atoms with Crippen molar-refractivity contribution < 1.29 is 82.1 Å². The van der Waals surface area contributed by atoms with Crippen LogP contribution >= 0.6 is 11.8 Å². The molecule has 0 saturated carbocycles. The summed E-state index contributed by atoms with van der Waals surface area (Å²) in [6, 6.07) is 6.36. The van der Waals surface area contributed by atoms with Crippen LogP contribution in [0.25, 0.3) is 0 Å². The number of unbranched alkanes of at least 4 members (excludes halogenated alkanes) is 1. The van der Waals surface area contributed by atoms with Gasteiger partial charge in [-0.1, -0.05) is 133 Å². The number of nitrogens with zero attached hydrogens (tertiary/aromatic N) is 1. The molecule has 25 N–H and O–H groups in total. The number of amides is 14. The lowest BCUT2D eigenvalue weighted by molar-refractivity contribution is -0.142. The lowest BCUT2D eigenvalue weighted by Crippen LogP contribution is -2.62. The second-order valence-electron chi connectivity index (χ2n) is 29.0. The Morgan fingerprint density at radius 3 is 1.12 bits per heavy atom. The summed E-state index contributed by atoms with van der Waals surface area (Å²) in [6.45, 7) is 13.3. The Morgan fingerprint density at radius 2 is 0.737 bits per heavy atom. The number of aliphatic carboxylic acids is 1. The number of aliphatic imine (C=N–C) groups is 1. The van der Waals surface area contributed by atoms with Gasteiger partial charge in [0, 0.05) is 32.2 Å². The van der Waals surface area contributed by atoms with Gasteiger partial charge in [-0.15, -0.1) is 0 Å². The van der Waals surface area contributed by atoms with E-state index >= 15 is 0 Å². The molecule has 3 aromatic rings. The zero-order valence-corrected chi connectivity index (χ0v) is 67.4. The van der Waals surface area contributed by atoms with E-state index in [0.29, 0.717) is 36.1 Å². The van der Waals surface area contributed by atoms with Gasteiger partial charge in [0.15, 0.2) is 5.96 Å². The molecular formula is C77H119N19O17S. The van der Waals surface area contributed by atoms with Gasteiger partial charge in [0.25, 0.3) is 0 Å². The number of aliphatic hydroxyl groups is 1. The fourth-order valence-electron chi connectivity index (χ4n) is 11.5. The van der Waals surface area contributed by atoms with Crippen LogP contribution in [0.4, 0.5) is 0 Å². The first-order valence-electron chi connectivity index (χ1n) is 38.1. The number of carbonyl (C=O) groups excluding carboxylic acids is 14. The Bertz CT molecular complexity index is 3690. The van der Waals surface area contributed by atoms with E-state index in [2.05, 4.69) is 74.1 Å². The number of thioether (sulfide) groups is 1. The van der Waals surface area contributed by atoms with Gasteiger partial charge in [-0.25, -0.2) is 4.79 Å².